The van der Waals surface area contributed by atoms with Gasteiger partial charge in [-0.2, -0.15) is 0 Å². The number of carbonyl (C=O) groups excluding carboxylic acids is 1. The Morgan fingerprint density at radius 2 is 1.89 bits per heavy atom. The summed E-state index contributed by atoms with van der Waals surface area (Å²) in [4.78, 5) is 11.4. The van der Waals surface area contributed by atoms with E-state index in [0.29, 0.717) is 19.7 Å². The number of rotatable bonds is 8. The SMILES string of the molecule is COCCNCCNC(=O)NCc1ccccc1. The highest BCUT2D eigenvalue weighted by atomic mass is 16.5. The average molecular weight is 251 g/mol. The summed E-state index contributed by atoms with van der Waals surface area (Å²) in [5, 5.41) is 8.72. The number of amides is 2. The van der Waals surface area contributed by atoms with Crippen LogP contribution in [-0.4, -0.2) is 39.4 Å². The van der Waals surface area contributed by atoms with Crippen LogP contribution in [-0.2, 0) is 11.3 Å². The molecule has 0 aliphatic heterocycles. The first kappa shape index (κ1) is 14.5. The van der Waals surface area contributed by atoms with Crippen LogP contribution < -0.4 is 16.0 Å². The third-order valence-electron chi connectivity index (χ3n) is 2.37. The highest BCUT2D eigenvalue weighted by molar-refractivity contribution is 5.73. The Balaban J connectivity index is 2.01. The van der Waals surface area contributed by atoms with E-state index in [0.717, 1.165) is 18.7 Å². The molecule has 0 radical (unpaired) electrons. The molecule has 0 atom stereocenters. The summed E-state index contributed by atoms with van der Waals surface area (Å²) in [6.07, 6.45) is 0. The van der Waals surface area contributed by atoms with Crippen molar-refractivity contribution >= 4 is 6.03 Å². The fraction of sp³-hybridized carbons (Fsp3) is 0.462. The summed E-state index contributed by atoms with van der Waals surface area (Å²) in [5.41, 5.74) is 1.09. The van der Waals surface area contributed by atoms with Crippen molar-refractivity contribution in [2.45, 2.75) is 6.54 Å². The number of urea groups is 1. The van der Waals surface area contributed by atoms with Gasteiger partial charge in [-0.15, -0.1) is 0 Å². The van der Waals surface area contributed by atoms with E-state index in [4.69, 9.17) is 4.74 Å². The Morgan fingerprint density at radius 1 is 1.11 bits per heavy atom. The van der Waals surface area contributed by atoms with Gasteiger partial charge >= 0.3 is 6.03 Å². The Morgan fingerprint density at radius 3 is 2.61 bits per heavy atom. The topological polar surface area (TPSA) is 62.4 Å². The molecule has 0 saturated heterocycles. The van der Waals surface area contributed by atoms with Crippen LogP contribution in [0.1, 0.15) is 5.56 Å². The van der Waals surface area contributed by atoms with E-state index in [1.54, 1.807) is 7.11 Å². The second-order valence-electron chi connectivity index (χ2n) is 3.84. The van der Waals surface area contributed by atoms with Crippen molar-refractivity contribution in [3.8, 4) is 0 Å². The summed E-state index contributed by atoms with van der Waals surface area (Å²) in [6.45, 7) is 3.36. The zero-order valence-electron chi connectivity index (χ0n) is 10.7. The fourth-order valence-corrected chi connectivity index (χ4v) is 1.40. The van der Waals surface area contributed by atoms with Crippen molar-refractivity contribution in [2.24, 2.45) is 0 Å². The number of methoxy groups -OCH3 is 1. The van der Waals surface area contributed by atoms with E-state index >= 15 is 0 Å². The van der Waals surface area contributed by atoms with Crippen LogP contribution in [0.15, 0.2) is 30.3 Å². The lowest BCUT2D eigenvalue weighted by Crippen LogP contribution is -2.39. The normalized spacial score (nSPS) is 10.1. The molecule has 0 aliphatic rings. The Hall–Kier alpha value is -1.59. The summed E-state index contributed by atoms with van der Waals surface area (Å²) in [6, 6.07) is 9.67. The smallest absolute Gasteiger partial charge is 0.315 e. The van der Waals surface area contributed by atoms with E-state index in [9.17, 15) is 4.79 Å². The Bertz CT molecular complexity index is 330. The van der Waals surface area contributed by atoms with Crippen LogP contribution in [0.4, 0.5) is 4.79 Å². The van der Waals surface area contributed by atoms with Crippen LogP contribution in [0.5, 0.6) is 0 Å². The summed E-state index contributed by atoms with van der Waals surface area (Å²) < 4.78 is 4.89. The van der Waals surface area contributed by atoms with E-state index in [2.05, 4.69) is 16.0 Å². The lowest BCUT2D eigenvalue weighted by molar-refractivity contribution is 0.199. The minimum absolute atomic E-state index is 0.146. The predicted molar refractivity (Wildman–Crippen MR) is 71.4 cm³/mol. The number of ether oxygens (including phenoxy) is 1. The molecule has 1 aromatic carbocycles. The number of hydrogen-bond acceptors (Lipinski definition) is 3. The van der Waals surface area contributed by atoms with E-state index in [1.165, 1.54) is 0 Å². The molecule has 5 heteroatoms. The third kappa shape index (κ3) is 6.88. The second kappa shape index (κ2) is 9.44. The van der Waals surface area contributed by atoms with E-state index < -0.39 is 0 Å². The molecule has 1 rings (SSSR count). The molecule has 0 spiro atoms. The van der Waals surface area contributed by atoms with E-state index in [1.807, 2.05) is 30.3 Å². The van der Waals surface area contributed by atoms with Gasteiger partial charge in [0.15, 0.2) is 0 Å². The van der Waals surface area contributed by atoms with Gasteiger partial charge in [-0.05, 0) is 5.56 Å². The first-order valence-corrected chi connectivity index (χ1v) is 6.08. The van der Waals surface area contributed by atoms with Gasteiger partial charge in [-0.3, -0.25) is 0 Å². The largest absolute Gasteiger partial charge is 0.383 e. The quantitative estimate of drug-likeness (QED) is 0.597. The average Bonchev–Trinajstić information content (AvgIpc) is 2.41. The van der Waals surface area contributed by atoms with Crippen molar-refractivity contribution in [1.29, 1.82) is 0 Å². The lowest BCUT2D eigenvalue weighted by Gasteiger charge is -2.08. The number of hydrogen-bond donors (Lipinski definition) is 3. The van der Waals surface area contributed by atoms with Crippen molar-refractivity contribution < 1.29 is 9.53 Å². The predicted octanol–water partition coefficient (Wildman–Crippen LogP) is 0.722. The second-order valence-corrected chi connectivity index (χ2v) is 3.84. The molecule has 0 bridgehead atoms. The Kier molecular flexibility index (Phi) is 7.59. The first-order chi connectivity index (χ1) is 8.83. The molecule has 100 valence electrons. The van der Waals surface area contributed by atoms with Crippen molar-refractivity contribution in [3.05, 3.63) is 35.9 Å². The molecule has 5 nitrogen and oxygen atoms in total. The number of benzene rings is 1. The van der Waals surface area contributed by atoms with Crippen LogP contribution in [0.2, 0.25) is 0 Å². The van der Waals surface area contributed by atoms with Gasteiger partial charge in [0.25, 0.3) is 0 Å². The maximum absolute atomic E-state index is 11.4. The Labute approximate surface area is 108 Å². The molecule has 0 heterocycles. The number of carbonyl (C=O) groups is 1. The van der Waals surface area contributed by atoms with Gasteiger partial charge in [-0.1, -0.05) is 30.3 Å². The van der Waals surface area contributed by atoms with Crippen LogP contribution in [0, 0.1) is 0 Å². The first-order valence-electron chi connectivity index (χ1n) is 6.08. The van der Waals surface area contributed by atoms with Gasteiger partial charge in [0.2, 0.25) is 0 Å². The highest BCUT2D eigenvalue weighted by Gasteiger charge is 1.98. The summed E-state index contributed by atoms with van der Waals surface area (Å²) >= 11 is 0. The molecule has 3 N–H and O–H groups in total. The maximum Gasteiger partial charge on any atom is 0.315 e. The van der Waals surface area contributed by atoms with Crippen molar-refractivity contribution in [1.82, 2.24) is 16.0 Å². The molecule has 2 amide bonds. The minimum atomic E-state index is -0.146. The molecule has 0 aliphatic carbocycles. The van der Waals surface area contributed by atoms with E-state index in [-0.39, 0.29) is 6.03 Å². The van der Waals surface area contributed by atoms with Crippen molar-refractivity contribution in [3.63, 3.8) is 0 Å². The fourth-order valence-electron chi connectivity index (χ4n) is 1.40. The molecule has 1 aromatic rings. The van der Waals surface area contributed by atoms with Crippen LogP contribution in [0.3, 0.4) is 0 Å². The van der Waals surface area contributed by atoms with Crippen LogP contribution in [0.25, 0.3) is 0 Å². The monoisotopic (exact) mass is 251 g/mol. The summed E-state index contributed by atoms with van der Waals surface area (Å²) in [7, 11) is 1.66. The molecule has 18 heavy (non-hydrogen) atoms. The van der Waals surface area contributed by atoms with Gasteiger partial charge in [0.1, 0.15) is 0 Å². The van der Waals surface area contributed by atoms with Crippen molar-refractivity contribution in [2.75, 3.05) is 33.4 Å². The van der Waals surface area contributed by atoms with Gasteiger partial charge < -0.3 is 20.7 Å². The molecule has 0 fully saturated rings. The van der Waals surface area contributed by atoms with Gasteiger partial charge in [-0.25, -0.2) is 4.79 Å². The van der Waals surface area contributed by atoms with Gasteiger partial charge in [0, 0.05) is 33.3 Å². The minimum Gasteiger partial charge on any atom is -0.383 e. The molecule has 0 saturated carbocycles. The third-order valence-corrected chi connectivity index (χ3v) is 2.37. The zero-order chi connectivity index (χ0) is 13.1. The molecule has 0 aromatic heterocycles. The van der Waals surface area contributed by atoms with Crippen LogP contribution >= 0.6 is 0 Å². The highest BCUT2D eigenvalue weighted by Crippen LogP contribution is 1.96. The maximum atomic E-state index is 11.4. The molecule has 0 unspecified atom stereocenters. The molecular formula is C13H21N3O2. The number of nitrogens with one attached hydrogen (secondary N) is 3. The molecular weight excluding hydrogens is 230 g/mol. The van der Waals surface area contributed by atoms with Gasteiger partial charge in [0.05, 0.1) is 6.61 Å². The standard InChI is InChI=1S/C13H21N3O2/c1-18-10-9-14-7-8-15-13(17)16-11-12-5-3-2-4-6-12/h2-6,14H,7-11H2,1H3,(H2,15,16,17). The lowest BCUT2D eigenvalue weighted by atomic mass is 10.2. The summed E-state index contributed by atoms with van der Waals surface area (Å²) in [5.74, 6) is 0. The zero-order valence-corrected chi connectivity index (χ0v) is 10.7.